The summed E-state index contributed by atoms with van der Waals surface area (Å²) in [4.78, 5) is 0. The molecule has 0 aromatic carbocycles. The van der Waals surface area contributed by atoms with E-state index in [2.05, 4.69) is 0 Å². The van der Waals surface area contributed by atoms with Crippen molar-refractivity contribution < 1.29 is 10.2 Å². The fraction of sp³-hybridized carbons (Fsp3) is 1.00. The lowest BCUT2D eigenvalue weighted by Crippen LogP contribution is -2.50. The topological polar surface area (TPSA) is 40.5 Å². The minimum atomic E-state index is -0.524. The maximum Gasteiger partial charge on any atom is 0.0652 e. The van der Waals surface area contributed by atoms with E-state index < -0.39 is 11.2 Å². The lowest BCUT2D eigenvalue weighted by atomic mass is 9.66. The minimum Gasteiger partial charge on any atom is -0.390 e. The van der Waals surface area contributed by atoms with Gasteiger partial charge in [-0.25, -0.2) is 0 Å². The van der Waals surface area contributed by atoms with Gasteiger partial charge in [-0.15, -0.1) is 0 Å². The van der Waals surface area contributed by atoms with Crippen molar-refractivity contribution in [1.82, 2.24) is 0 Å². The van der Waals surface area contributed by atoms with Gasteiger partial charge in [0.15, 0.2) is 0 Å². The molecule has 0 amide bonds. The summed E-state index contributed by atoms with van der Waals surface area (Å²) < 4.78 is 0. The second kappa shape index (κ2) is 2.71. The molecule has 4 atom stereocenters. The Bertz CT molecular complexity index is 186. The highest BCUT2D eigenvalue weighted by Crippen LogP contribution is 2.49. The van der Waals surface area contributed by atoms with Gasteiger partial charge in [0.05, 0.1) is 11.2 Å². The molecule has 0 aromatic rings. The van der Waals surface area contributed by atoms with Crippen LogP contribution in [0.25, 0.3) is 0 Å². The molecular formula is C11H20O2. The zero-order chi connectivity index (χ0) is 9.69. The Balaban J connectivity index is 2.27. The highest BCUT2D eigenvalue weighted by molar-refractivity contribution is 5.01. The Kier molecular flexibility index (Phi) is 1.97. The summed E-state index contributed by atoms with van der Waals surface area (Å²) in [6, 6.07) is 0. The first-order chi connectivity index (χ1) is 5.92. The maximum atomic E-state index is 10.2. The van der Waals surface area contributed by atoms with E-state index in [1.807, 2.05) is 13.8 Å². The van der Waals surface area contributed by atoms with E-state index in [9.17, 15) is 10.2 Å². The number of hydrogen-bond acceptors (Lipinski definition) is 2. The van der Waals surface area contributed by atoms with E-state index in [4.69, 9.17) is 0 Å². The van der Waals surface area contributed by atoms with Crippen LogP contribution in [0.2, 0.25) is 0 Å². The SMILES string of the molecule is C[C@]1(O)C[C@@H]2CCC[C@H]1C[C@]2(C)O. The molecule has 3 fully saturated rings. The van der Waals surface area contributed by atoms with Gasteiger partial charge in [-0.3, -0.25) is 0 Å². The summed E-state index contributed by atoms with van der Waals surface area (Å²) in [7, 11) is 0. The number of fused-ring (bicyclic) bond motifs is 4. The first-order valence-corrected chi connectivity index (χ1v) is 5.36. The molecule has 2 nitrogen and oxygen atoms in total. The van der Waals surface area contributed by atoms with Crippen LogP contribution in [0, 0.1) is 11.8 Å². The molecule has 0 saturated heterocycles. The fourth-order valence-electron chi connectivity index (χ4n) is 3.21. The molecule has 2 N–H and O–H groups in total. The summed E-state index contributed by atoms with van der Waals surface area (Å²) in [6.45, 7) is 3.87. The minimum absolute atomic E-state index is 0.307. The standard InChI is InChI=1S/C11H20O2/c1-10(12)6-9-5-3-4-8(10)7-11(9,2)13/h8-9,12-13H,3-7H2,1-2H3/t8-,9-,10-,11-/m0/s1. The van der Waals surface area contributed by atoms with Crippen LogP contribution in [0.5, 0.6) is 0 Å². The Labute approximate surface area is 80.0 Å². The van der Waals surface area contributed by atoms with Crippen LogP contribution in [-0.2, 0) is 0 Å². The van der Waals surface area contributed by atoms with Gasteiger partial charge in [0.25, 0.3) is 0 Å². The van der Waals surface area contributed by atoms with Gasteiger partial charge < -0.3 is 10.2 Å². The van der Waals surface area contributed by atoms with Gasteiger partial charge in [0.2, 0.25) is 0 Å². The lowest BCUT2D eigenvalue weighted by Gasteiger charge is -2.46. The zero-order valence-corrected chi connectivity index (χ0v) is 8.58. The van der Waals surface area contributed by atoms with Gasteiger partial charge in [0.1, 0.15) is 0 Å². The molecule has 0 unspecified atom stereocenters. The molecule has 0 radical (unpaired) electrons. The largest absolute Gasteiger partial charge is 0.390 e. The van der Waals surface area contributed by atoms with Crippen LogP contribution in [0.4, 0.5) is 0 Å². The van der Waals surface area contributed by atoms with Gasteiger partial charge in [-0.1, -0.05) is 6.42 Å². The second-order valence-corrected chi connectivity index (χ2v) is 5.45. The third-order valence-corrected chi connectivity index (χ3v) is 4.18. The molecule has 3 saturated carbocycles. The van der Waals surface area contributed by atoms with Gasteiger partial charge in [0, 0.05) is 0 Å². The van der Waals surface area contributed by atoms with Crippen LogP contribution in [0.15, 0.2) is 0 Å². The Morgan fingerprint density at radius 3 is 1.69 bits per heavy atom. The summed E-state index contributed by atoms with van der Waals surface area (Å²) >= 11 is 0. The van der Waals surface area contributed by atoms with Gasteiger partial charge in [-0.2, -0.15) is 0 Å². The van der Waals surface area contributed by atoms with Crippen LogP contribution < -0.4 is 0 Å². The number of hydrogen-bond donors (Lipinski definition) is 2. The summed E-state index contributed by atoms with van der Waals surface area (Å²) in [5.74, 6) is 0.613. The third kappa shape index (κ3) is 1.50. The second-order valence-electron chi connectivity index (χ2n) is 5.45. The number of rotatable bonds is 0. The predicted octanol–water partition coefficient (Wildman–Crippen LogP) is 1.70. The smallest absolute Gasteiger partial charge is 0.0652 e. The molecule has 2 bridgehead atoms. The first-order valence-electron chi connectivity index (χ1n) is 5.36. The normalized spacial score (nSPS) is 56.3. The highest BCUT2D eigenvalue weighted by atomic mass is 16.3. The van der Waals surface area contributed by atoms with Crippen molar-refractivity contribution in [3.63, 3.8) is 0 Å². The first kappa shape index (κ1) is 9.47. The van der Waals surface area contributed by atoms with Crippen molar-refractivity contribution in [2.24, 2.45) is 11.8 Å². The molecule has 2 heteroatoms. The van der Waals surface area contributed by atoms with Crippen molar-refractivity contribution in [3.8, 4) is 0 Å². The Morgan fingerprint density at radius 1 is 0.923 bits per heavy atom. The lowest BCUT2D eigenvalue weighted by molar-refractivity contribution is -0.130. The predicted molar refractivity (Wildman–Crippen MR) is 51.3 cm³/mol. The van der Waals surface area contributed by atoms with Crippen molar-refractivity contribution >= 4 is 0 Å². The molecule has 3 rings (SSSR count). The number of aliphatic hydroxyl groups is 2. The molecule has 76 valence electrons. The average Bonchev–Trinajstić information content (AvgIpc) is 2.17. The molecule has 0 heterocycles. The van der Waals surface area contributed by atoms with Crippen molar-refractivity contribution in [3.05, 3.63) is 0 Å². The summed E-state index contributed by atoms with van der Waals surface area (Å²) in [6.07, 6.45) is 4.90. The average molecular weight is 184 g/mol. The third-order valence-electron chi connectivity index (χ3n) is 4.18. The van der Waals surface area contributed by atoms with E-state index in [1.54, 1.807) is 0 Å². The van der Waals surface area contributed by atoms with E-state index in [1.165, 1.54) is 6.42 Å². The van der Waals surface area contributed by atoms with E-state index >= 15 is 0 Å². The zero-order valence-electron chi connectivity index (χ0n) is 8.58. The van der Waals surface area contributed by atoms with Gasteiger partial charge in [-0.05, 0) is 51.4 Å². The molecule has 0 aliphatic heterocycles. The molecular weight excluding hydrogens is 164 g/mol. The molecule has 13 heavy (non-hydrogen) atoms. The van der Waals surface area contributed by atoms with Crippen molar-refractivity contribution in [1.29, 1.82) is 0 Å². The van der Waals surface area contributed by atoms with E-state index in [0.717, 1.165) is 25.7 Å². The maximum absolute atomic E-state index is 10.2. The quantitative estimate of drug-likeness (QED) is 0.601. The van der Waals surface area contributed by atoms with E-state index in [0.29, 0.717) is 11.8 Å². The summed E-state index contributed by atoms with van der Waals surface area (Å²) in [5, 5.41) is 20.3. The Morgan fingerprint density at radius 2 is 1.31 bits per heavy atom. The van der Waals surface area contributed by atoms with Crippen LogP contribution in [-0.4, -0.2) is 21.4 Å². The van der Waals surface area contributed by atoms with Crippen molar-refractivity contribution in [2.45, 2.75) is 57.2 Å². The van der Waals surface area contributed by atoms with Crippen LogP contribution in [0.3, 0.4) is 0 Å². The molecule has 0 spiro atoms. The van der Waals surface area contributed by atoms with Crippen LogP contribution in [0.1, 0.15) is 46.0 Å². The van der Waals surface area contributed by atoms with E-state index in [-0.39, 0.29) is 0 Å². The molecule has 3 aliphatic carbocycles. The van der Waals surface area contributed by atoms with Crippen molar-refractivity contribution in [2.75, 3.05) is 0 Å². The Hall–Kier alpha value is -0.0800. The molecule has 0 aromatic heterocycles. The van der Waals surface area contributed by atoms with Gasteiger partial charge >= 0.3 is 0 Å². The summed E-state index contributed by atoms with van der Waals surface area (Å²) in [5.41, 5.74) is -1.05. The monoisotopic (exact) mass is 184 g/mol. The molecule has 3 aliphatic rings. The van der Waals surface area contributed by atoms with Crippen LogP contribution >= 0.6 is 0 Å². The highest BCUT2D eigenvalue weighted by Gasteiger charge is 2.50. The fourth-order valence-corrected chi connectivity index (χ4v) is 3.21.